The molecular formula is C19H21NO2. The van der Waals surface area contributed by atoms with E-state index >= 15 is 0 Å². The fraction of sp³-hybridized carbons (Fsp3) is 0.368. The van der Waals surface area contributed by atoms with Crippen molar-refractivity contribution in [2.45, 2.75) is 24.7 Å². The topological polar surface area (TPSA) is 30.5 Å². The second kappa shape index (κ2) is 5.51. The molecular weight excluding hydrogens is 274 g/mol. The molecule has 2 aliphatic rings. The van der Waals surface area contributed by atoms with Crippen LogP contribution in [-0.4, -0.2) is 26.3 Å². The number of aryl methyl sites for hydroxylation is 2. The van der Waals surface area contributed by atoms with Crippen LogP contribution in [0.2, 0.25) is 0 Å². The lowest BCUT2D eigenvalue weighted by Gasteiger charge is -2.30. The zero-order valence-corrected chi connectivity index (χ0v) is 12.8. The number of likely N-dealkylation sites (N-methyl/N-ethyl adjacent to an activating group) is 1. The molecule has 1 aliphatic heterocycles. The Bertz CT molecular complexity index is 635. The van der Waals surface area contributed by atoms with Crippen molar-refractivity contribution in [3.8, 4) is 0 Å². The number of fused-ring (bicyclic) bond motifs is 4. The number of benzene rings is 2. The van der Waals surface area contributed by atoms with E-state index in [-0.39, 0.29) is 6.10 Å². The summed E-state index contributed by atoms with van der Waals surface area (Å²) in [7, 11) is 1.95. The van der Waals surface area contributed by atoms with Gasteiger partial charge in [0.1, 0.15) is 0 Å². The lowest BCUT2D eigenvalue weighted by molar-refractivity contribution is -0.142. The van der Waals surface area contributed by atoms with Gasteiger partial charge >= 0.3 is 0 Å². The van der Waals surface area contributed by atoms with Crippen LogP contribution in [0.1, 0.15) is 22.3 Å². The van der Waals surface area contributed by atoms with Crippen LogP contribution in [-0.2, 0) is 28.1 Å². The first kappa shape index (κ1) is 13.9. The van der Waals surface area contributed by atoms with Crippen molar-refractivity contribution in [2.24, 2.45) is 0 Å². The van der Waals surface area contributed by atoms with E-state index in [1.165, 1.54) is 22.3 Å². The highest BCUT2D eigenvalue weighted by Crippen LogP contribution is 2.45. The molecule has 1 N–H and O–H groups in total. The van der Waals surface area contributed by atoms with Gasteiger partial charge in [0, 0.05) is 17.7 Å². The second-order valence-corrected chi connectivity index (χ2v) is 6.04. The van der Waals surface area contributed by atoms with Gasteiger partial charge in [-0.2, -0.15) is 0 Å². The monoisotopic (exact) mass is 295 g/mol. The molecule has 0 saturated carbocycles. The molecule has 1 heterocycles. The van der Waals surface area contributed by atoms with Crippen molar-refractivity contribution in [3.63, 3.8) is 0 Å². The van der Waals surface area contributed by atoms with Gasteiger partial charge in [0.2, 0.25) is 5.79 Å². The molecule has 1 saturated heterocycles. The molecule has 0 amide bonds. The fourth-order valence-electron chi connectivity index (χ4n) is 3.66. The smallest absolute Gasteiger partial charge is 0.223 e. The second-order valence-electron chi connectivity index (χ2n) is 6.04. The summed E-state index contributed by atoms with van der Waals surface area (Å²) in [6, 6.07) is 17.0. The van der Waals surface area contributed by atoms with E-state index in [0.717, 1.165) is 19.4 Å². The minimum atomic E-state index is -0.745. The Hall–Kier alpha value is -1.68. The Balaban J connectivity index is 1.89. The van der Waals surface area contributed by atoms with Crippen LogP contribution < -0.4 is 5.32 Å². The number of rotatable bonds is 2. The predicted octanol–water partition coefficient (Wildman–Crippen LogP) is 2.62. The Morgan fingerprint density at radius 3 is 2.18 bits per heavy atom. The van der Waals surface area contributed by atoms with Crippen LogP contribution in [0.4, 0.5) is 0 Å². The van der Waals surface area contributed by atoms with Crippen LogP contribution in [0.5, 0.6) is 0 Å². The molecule has 0 radical (unpaired) electrons. The fourth-order valence-corrected chi connectivity index (χ4v) is 3.66. The summed E-state index contributed by atoms with van der Waals surface area (Å²) in [6.45, 7) is 1.41. The van der Waals surface area contributed by atoms with E-state index in [1.807, 2.05) is 7.05 Å². The molecule has 2 aromatic rings. The Morgan fingerprint density at radius 2 is 1.59 bits per heavy atom. The number of hydrogen-bond acceptors (Lipinski definition) is 3. The highest BCUT2D eigenvalue weighted by molar-refractivity contribution is 5.46. The van der Waals surface area contributed by atoms with E-state index in [1.54, 1.807) is 0 Å². The predicted molar refractivity (Wildman–Crippen MR) is 85.8 cm³/mol. The third-order valence-corrected chi connectivity index (χ3v) is 4.64. The van der Waals surface area contributed by atoms with Gasteiger partial charge in [0.15, 0.2) is 0 Å². The molecule has 4 rings (SSSR count). The number of hydrogen-bond donors (Lipinski definition) is 1. The van der Waals surface area contributed by atoms with Gasteiger partial charge in [-0.1, -0.05) is 48.5 Å². The molecule has 3 heteroatoms. The van der Waals surface area contributed by atoms with E-state index in [9.17, 15) is 0 Å². The zero-order chi connectivity index (χ0) is 15.0. The van der Waals surface area contributed by atoms with Crippen LogP contribution in [0.25, 0.3) is 0 Å². The summed E-state index contributed by atoms with van der Waals surface area (Å²) < 4.78 is 12.8. The summed E-state index contributed by atoms with van der Waals surface area (Å²) in [5, 5.41) is 3.19. The first-order chi connectivity index (χ1) is 10.8. The third-order valence-electron chi connectivity index (χ3n) is 4.64. The van der Waals surface area contributed by atoms with Crippen molar-refractivity contribution < 1.29 is 9.47 Å². The molecule has 3 nitrogen and oxygen atoms in total. The maximum Gasteiger partial charge on any atom is 0.223 e. The van der Waals surface area contributed by atoms with Crippen molar-refractivity contribution in [3.05, 3.63) is 70.8 Å². The Morgan fingerprint density at radius 1 is 1.00 bits per heavy atom. The van der Waals surface area contributed by atoms with Crippen molar-refractivity contribution >= 4 is 0 Å². The van der Waals surface area contributed by atoms with Crippen molar-refractivity contribution in [2.75, 3.05) is 20.2 Å². The van der Waals surface area contributed by atoms with Crippen LogP contribution in [0, 0.1) is 0 Å². The molecule has 0 bridgehead atoms. The van der Waals surface area contributed by atoms with E-state index in [2.05, 4.69) is 53.8 Å². The van der Waals surface area contributed by atoms with Gasteiger partial charge in [-0.15, -0.1) is 0 Å². The highest BCUT2D eigenvalue weighted by atomic mass is 16.7. The van der Waals surface area contributed by atoms with Crippen LogP contribution in [0.15, 0.2) is 48.5 Å². The van der Waals surface area contributed by atoms with Gasteiger partial charge in [-0.3, -0.25) is 0 Å². The van der Waals surface area contributed by atoms with E-state index in [4.69, 9.17) is 9.47 Å². The molecule has 1 fully saturated rings. The zero-order valence-electron chi connectivity index (χ0n) is 12.8. The molecule has 22 heavy (non-hydrogen) atoms. The largest absolute Gasteiger partial charge is 0.339 e. The molecule has 1 aliphatic carbocycles. The summed E-state index contributed by atoms with van der Waals surface area (Å²) in [5.41, 5.74) is 4.98. The first-order valence-corrected chi connectivity index (χ1v) is 7.96. The summed E-state index contributed by atoms with van der Waals surface area (Å²) in [6.07, 6.45) is 2.13. The van der Waals surface area contributed by atoms with E-state index in [0.29, 0.717) is 6.61 Å². The van der Waals surface area contributed by atoms with Crippen LogP contribution in [0.3, 0.4) is 0 Å². The van der Waals surface area contributed by atoms with Crippen molar-refractivity contribution in [1.29, 1.82) is 0 Å². The standard InChI is InChI=1S/C19H21NO2/c1-20-12-16-13-21-19(22-16)17-8-4-2-6-14(17)10-11-15-7-3-5-9-18(15)19/h2-9,16,20H,10-13H2,1H3. The van der Waals surface area contributed by atoms with Crippen molar-refractivity contribution in [1.82, 2.24) is 5.32 Å². The average molecular weight is 295 g/mol. The lowest BCUT2D eigenvalue weighted by atomic mass is 9.93. The number of nitrogens with one attached hydrogen (secondary N) is 1. The molecule has 1 spiro atoms. The summed E-state index contributed by atoms with van der Waals surface area (Å²) >= 11 is 0. The average Bonchev–Trinajstić information content (AvgIpc) is 2.93. The Kier molecular flexibility index (Phi) is 3.49. The van der Waals surface area contributed by atoms with Gasteiger partial charge in [0.25, 0.3) is 0 Å². The summed E-state index contributed by atoms with van der Waals surface area (Å²) in [5.74, 6) is -0.745. The van der Waals surface area contributed by atoms with Crippen LogP contribution >= 0.6 is 0 Å². The highest BCUT2D eigenvalue weighted by Gasteiger charge is 2.47. The molecule has 114 valence electrons. The maximum atomic E-state index is 6.48. The third kappa shape index (κ3) is 2.09. The molecule has 2 aromatic carbocycles. The van der Waals surface area contributed by atoms with Gasteiger partial charge < -0.3 is 14.8 Å². The van der Waals surface area contributed by atoms with E-state index < -0.39 is 5.79 Å². The van der Waals surface area contributed by atoms with Gasteiger partial charge in [0.05, 0.1) is 12.7 Å². The maximum absolute atomic E-state index is 6.48. The minimum absolute atomic E-state index is 0.0733. The first-order valence-electron chi connectivity index (χ1n) is 7.96. The van der Waals surface area contributed by atoms with Gasteiger partial charge in [-0.05, 0) is 31.0 Å². The molecule has 1 atom stereocenters. The Labute approximate surface area is 131 Å². The quantitative estimate of drug-likeness (QED) is 0.924. The lowest BCUT2D eigenvalue weighted by Crippen LogP contribution is -2.33. The molecule has 0 aromatic heterocycles. The minimum Gasteiger partial charge on any atom is -0.339 e. The summed E-state index contributed by atoms with van der Waals surface area (Å²) in [4.78, 5) is 0. The SMILES string of the molecule is CNCC1COC2(O1)c1ccccc1CCc1ccccc12. The number of ether oxygens (including phenoxy) is 2. The molecule has 1 unspecified atom stereocenters. The normalized spacial score (nSPS) is 22.1. The van der Waals surface area contributed by atoms with Gasteiger partial charge in [-0.25, -0.2) is 0 Å².